The number of nitriles is 2. The Kier molecular flexibility index (Phi) is 2.92. The third kappa shape index (κ3) is 2.14. The second-order valence-electron chi connectivity index (χ2n) is 7.69. The van der Waals surface area contributed by atoms with Gasteiger partial charge in [-0.15, -0.1) is 0 Å². The van der Waals surface area contributed by atoms with Gasteiger partial charge in [0, 0.05) is 5.57 Å². The Morgan fingerprint density at radius 2 is 1.76 bits per heavy atom. The van der Waals surface area contributed by atoms with Gasteiger partial charge in [0.15, 0.2) is 0 Å². The quantitative estimate of drug-likeness (QED) is 0.805. The fourth-order valence-corrected chi connectivity index (χ4v) is 5.57. The highest BCUT2D eigenvalue weighted by atomic mass is 16.4. The molecule has 4 aliphatic rings. The van der Waals surface area contributed by atoms with E-state index in [2.05, 4.69) is 12.1 Å². The van der Waals surface area contributed by atoms with Crippen molar-refractivity contribution in [1.29, 1.82) is 10.5 Å². The molecule has 2 atom stereocenters. The molecule has 4 fully saturated rings. The molecule has 21 heavy (non-hydrogen) atoms. The van der Waals surface area contributed by atoms with Crippen molar-refractivity contribution in [3.05, 3.63) is 11.6 Å². The van der Waals surface area contributed by atoms with Gasteiger partial charge in [-0.25, -0.2) is 4.79 Å². The van der Waals surface area contributed by atoms with Gasteiger partial charge in [0.25, 0.3) is 0 Å². The highest BCUT2D eigenvalue weighted by Crippen LogP contribution is 2.70. The molecule has 4 saturated carbocycles. The van der Waals surface area contributed by atoms with Crippen molar-refractivity contribution in [2.45, 2.75) is 51.9 Å². The van der Waals surface area contributed by atoms with Crippen molar-refractivity contribution in [2.24, 2.45) is 22.2 Å². The molecule has 4 heteroatoms. The summed E-state index contributed by atoms with van der Waals surface area (Å²) in [5.74, 6) is -0.427. The zero-order valence-corrected chi connectivity index (χ0v) is 12.4. The van der Waals surface area contributed by atoms with Crippen LogP contribution in [0.5, 0.6) is 0 Å². The maximum Gasteiger partial charge on any atom is 0.330 e. The lowest BCUT2D eigenvalue weighted by Gasteiger charge is -2.62. The number of carboxylic acid groups (broad SMARTS) is 1. The maximum absolute atomic E-state index is 11.0. The molecular formula is C17H20N2O2. The van der Waals surface area contributed by atoms with E-state index < -0.39 is 5.97 Å². The summed E-state index contributed by atoms with van der Waals surface area (Å²) in [6.45, 7) is 1.61. The van der Waals surface area contributed by atoms with Gasteiger partial charge in [0.1, 0.15) is 0 Å². The second kappa shape index (κ2) is 4.34. The Labute approximate surface area is 125 Å². The summed E-state index contributed by atoms with van der Waals surface area (Å²) < 4.78 is 0. The highest BCUT2D eigenvalue weighted by molar-refractivity contribution is 5.85. The predicted molar refractivity (Wildman–Crippen MR) is 75.7 cm³/mol. The van der Waals surface area contributed by atoms with Crippen LogP contribution in [0.15, 0.2) is 11.6 Å². The van der Waals surface area contributed by atoms with E-state index in [4.69, 9.17) is 5.11 Å². The topological polar surface area (TPSA) is 84.9 Å². The van der Waals surface area contributed by atoms with Crippen LogP contribution in [0.4, 0.5) is 0 Å². The molecule has 4 rings (SSSR count). The third-order valence-corrected chi connectivity index (χ3v) is 5.84. The molecule has 2 unspecified atom stereocenters. The first-order valence-electron chi connectivity index (χ1n) is 7.58. The lowest BCUT2D eigenvalue weighted by molar-refractivity contribution is -0.132. The summed E-state index contributed by atoms with van der Waals surface area (Å²) in [5, 5.41) is 28.3. The minimum absolute atomic E-state index is 0.0401. The highest BCUT2D eigenvalue weighted by Gasteiger charge is 2.63. The largest absolute Gasteiger partial charge is 0.478 e. The summed E-state index contributed by atoms with van der Waals surface area (Å²) in [6, 6.07) is 5.03. The first-order chi connectivity index (χ1) is 9.86. The predicted octanol–water partition coefficient (Wildman–Crippen LogP) is 3.41. The third-order valence-electron chi connectivity index (χ3n) is 5.84. The minimum atomic E-state index is -0.885. The van der Waals surface area contributed by atoms with Crippen molar-refractivity contribution in [2.75, 3.05) is 0 Å². The van der Waals surface area contributed by atoms with Gasteiger partial charge in [-0.1, -0.05) is 6.08 Å². The van der Waals surface area contributed by atoms with Crippen molar-refractivity contribution in [3.63, 3.8) is 0 Å². The van der Waals surface area contributed by atoms with Crippen molar-refractivity contribution in [3.8, 4) is 12.1 Å². The number of allylic oxidation sites excluding steroid dienone is 1. The Balaban J connectivity index is 1.93. The first kappa shape index (κ1) is 14.1. The van der Waals surface area contributed by atoms with Gasteiger partial charge in [0.2, 0.25) is 0 Å². The Morgan fingerprint density at radius 1 is 1.19 bits per heavy atom. The number of hydrogen-bond acceptors (Lipinski definition) is 3. The fourth-order valence-electron chi connectivity index (χ4n) is 5.57. The molecule has 0 aromatic rings. The van der Waals surface area contributed by atoms with Crippen LogP contribution in [-0.4, -0.2) is 11.1 Å². The van der Waals surface area contributed by atoms with Crippen LogP contribution in [0.3, 0.4) is 0 Å². The zero-order chi connectivity index (χ0) is 15.3. The molecule has 0 aromatic heterocycles. The van der Waals surface area contributed by atoms with Gasteiger partial charge in [-0.05, 0) is 63.2 Å². The molecule has 4 aliphatic carbocycles. The van der Waals surface area contributed by atoms with Crippen LogP contribution < -0.4 is 0 Å². The van der Waals surface area contributed by atoms with Crippen LogP contribution in [0.25, 0.3) is 0 Å². The summed E-state index contributed by atoms with van der Waals surface area (Å²) in [7, 11) is 0. The number of rotatable bonds is 3. The van der Waals surface area contributed by atoms with Gasteiger partial charge < -0.3 is 5.11 Å². The number of nitrogens with zero attached hydrogens (tertiary/aromatic N) is 2. The van der Waals surface area contributed by atoms with Crippen LogP contribution in [-0.2, 0) is 4.79 Å². The molecule has 4 nitrogen and oxygen atoms in total. The fraction of sp³-hybridized carbons (Fsp3) is 0.706. The molecule has 4 bridgehead atoms. The van der Waals surface area contributed by atoms with E-state index >= 15 is 0 Å². The normalized spacial score (nSPS) is 44.1. The summed E-state index contributed by atoms with van der Waals surface area (Å²) in [6.07, 6.45) is 7.77. The smallest absolute Gasteiger partial charge is 0.330 e. The molecule has 1 N–H and O–H groups in total. The van der Waals surface area contributed by atoms with Crippen LogP contribution in [0.1, 0.15) is 51.9 Å². The molecule has 0 aliphatic heterocycles. The average Bonchev–Trinajstić information content (AvgIpc) is 2.43. The molecule has 0 aromatic carbocycles. The maximum atomic E-state index is 11.0. The van der Waals surface area contributed by atoms with Gasteiger partial charge >= 0.3 is 5.97 Å². The molecule has 0 amide bonds. The second-order valence-corrected chi connectivity index (χ2v) is 7.69. The Hall–Kier alpha value is -1.81. The van der Waals surface area contributed by atoms with E-state index in [-0.39, 0.29) is 16.2 Å². The van der Waals surface area contributed by atoms with Crippen LogP contribution in [0.2, 0.25) is 0 Å². The Bertz CT molecular complexity index is 577. The summed E-state index contributed by atoms with van der Waals surface area (Å²) in [5.41, 5.74) is -0.371. The van der Waals surface area contributed by atoms with Crippen LogP contribution >= 0.6 is 0 Å². The number of hydrogen-bond donors (Lipinski definition) is 1. The summed E-state index contributed by atoms with van der Waals surface area (Å²) in [4.78, 5) is 11.0. The van der Waals surface area contributed by atoms with Gasteiger partial charge in [0.05, 0.1) is 23.0 Å². The van der Waals surface area contributed by atoms with Crippen molar-refractivity contribution < 1.29 is 9.90 Å². The lowest BCUT2D eigenvalue weighted by Crippen LogP contribution is -2.55. The van der Waals surface area contributed by atoms with E-state index in [9.17, 15) is 15.3 Å². The average molecular weight is 284 g/mol. The van der Waals surface area contributed by atoms with Gasteiger partial charge in [-0.3, -0.25) is 0 Å². The standard InChI is InChI=1S/C17H20N2O2/c1-12(14(20)21)2-3-15-4-13-5-16(7-15,10-18)9-17(6-13,8-15)11-19/h2,13H,3-9H2,1H3,(H,20,21). The molecule has 0 radical (unpaired) electrons. The first-order valence-corrected chi connectivity index (χ1v) is 7.58. The summed E-state index contributed by atoms with van der Waals surface area (Å²) >= 11 is 0. The molecular weight excluding hydrogens is 264 g/mol. The Morgan fingerprint density at radius 3 is 2.24 bits per heavy atom. The monoisotopic (exact) mass is 284 g/mol. The number of carbonyl (C=O) groups is 1. The van der Waals surface area contributed by atoms with Crippen molar-refractivity contribution in [1.82, 2.24) is 0 Å². The van der Waals surface area contributed by atoms with E-state index in [0.29, 0.717) is 24.3 Å². The van der Waals surface area contributed by atoms with E-state index in [0.717, 1.165) is 32.1 Å². The SMILES string of the molecule is CC(=CCC12CC3CC(C#N)(CC(C#N)(C3)C1)C2)C(=O)O. The van der Waals surface area contributed by atoms with Gasteiger partial charge in [-0.2, -0.15) is 10.5 Å². The molecule has 0 saturated heterocycles. The zero-order valence-electron chi connectivity index (χ0n) is 12.4. The van der Waals surface area contributed by atoms with Crippen molar-refractivity contribution >= 4 is 5.97 Å². The molecule has 0 spiro atoms. The van der Waals surface area contributed by atoms with E-state index in [1.54, 1.807) is 13.0 Å². The minimum Gasteiger partial charge on any atom is -0.478 e. The van der Waals surface area contributed by atoms with Crippen LogP contribution in [0, 0.1) is 44.8 Å². The lowest BCUT2D eigenvalue weighted by atomic mass is 9.39. The molecule has 110 valence electrons. The van der Waals surface area contributed by atoms with E-state index in [1.165, 1.54) is 0 Å². The van der Waals surface area contributed by atoms with E-state index in [1.807, 2.05) is 0 Å². The number of aliphatic carboxylic acids is 1. The molecule has 0 heterocycles. The number of carboxylic acids is 1.